The summed E-state index contributed by atoms with van der Waals surface area (Å²) < 4.78 is 25.3. The molecule has 0 bridgehead atoms. The third kappa shape index (κ3) is 3.57. The molecule has 0 aliphatic rings. The molecule has 0 amide bonds. The van der Waals surface area contributed by atoms with Crippen molar-refractivity contribution in [1.29, 1.82) is 0 Å². The Morgan fingerprint density at radius 2 is 2.20 bits per heavy atom. The monoisotopic (exact) mass is 294 g/mol. The van der Waals surface area contributed by atoms with Gasteiger partial charge >= 0.3 is 5.97 Å². The van der Waals surface area contributed by atoms with Crippen molar-refractivity contribution in [2.24, 2.45) is 0 Å². The highest BCUT2D eigenvalue weighted by Crippen LogP contribution is 2.13. The first-order chi connectivity index (χ1) is 6.92. The van der Waals surface area contributed by atoms with Gasteiger partial charge in [0.2, 0.25) is 10.0 Å². The summed E-state index contributed by atoms with van der Waals surface area (Å²) in [6.45, 7) is -0.658. The van der Waals surface area contributed by atoms with E-state index in [-0.39, 0.29) is 4.90 Å². The predicted molar refractivity (Wildman–Crippen MR) is 54.8 cm³/mol. The molecule has 82 valence electrons. The van der Waals surface area contributed by atoms with Crippen LogP contribution in [-0.2, 0) is 14.8 Å². The fourth-order valence-electron chi connectivity index (χ4n) is 0.779. The minimum atomic E-state index is -3.80. The second kappa shape index (κ2) is 4.69. The summed E-state index contributed by atoms with van der Waals surface area (Å²) in [6, 6.07) is 1.33. The topological polar surface area (TPSA) is 96.4 Å². The number of rotatable bonds is 4. The highest BCUT2D eigenvalue weighted by atomic mass is 79.9. The van der Waals surface area contributed by atoms with Gasteiger partial charge in [0.1, 0.15) is 11.4 Å². The lowest BCUT2D eigenvalue weighted by molar-refractivity contribution is -0.135. The van der Waals surface area contributed by atoms with E-state index in [0.717, 1.165) is 6.20 Å². The highest BCUT2D eigenvalue weighted by molar-refractivity contribution is 9.10. The van der Waals surface area contributed by atoms with Crippen LogP contribution in [0.1, 0.15) is 0 Å². The van der Waals surface area contributed by atoms with E-state index >= 15 is 0 Å². The maximum absolute atomic E-state index is 11.5. The summed E-state index contributed by atoms with van der Waals surface area (Å²) in [5.41, 5.74) is 0. The Kier molecular flexibility index (Phi) is 3.77. The molecule has 0 unspecified atom stereocenters. The summed E-state index contributed by atoms with van der Waals surface area (Å²) in [5.74, 6) is -1.25. The second-order valence-electron chi connectivity index (χ2n) is 2.56. The van der Waals surface area contributed by atoms with Gasteiger partial charge in [0.15, 0.2) is 0 Å². The summed E-state index contributed by atoms with van der Waals surface area (Å²) in [7, 11) is -3.80. The van der Waals surface area contributed by atoms with Crippen LogP contribution in [0.4, 0.5) is 0 Å². The van der Waals surface area contributed by atoms with E-state index in [1.165, 1.54) is 12.3 Å². The number of nitrogens with one attached hydrogen (secondary N) is 1. The number of halogens is 1. The number of hydrogen-bond acceptors (Lipinski definition) is 4. The molecule has 0 aliphatic heterocycles. The molecule has 15 heavy (non-hydrogen) atoms. The number of sulfonamides is 1. The van der Waals surface area contributed by atoms with Gasteiger partial charge < -0.3 is 5.11 Å². The Morgan fingerprint density at radius 3 is 2.73 bits per heavy atom. The van der Waals surface area contributed by atoms with Crippen LogP contribution >= 0.6 is 15.9 Å². The number of pyridine rings is 1. The first kappa shape index (κ1) is 12.1. The van der Waals surface area contributed by atoms with Crippen LogP contribution in [-0.4, -0.2) is 31.0 Å². The Balaban J connectivity index is 2.91. The lowest BCUT2D eigenvalue weighted by atomic mass is 10.5. The number of aliphatic carboxylic acids is 1. The van der Waals surface area contributed by atoms with Gasteiger partial charge in [-0.05, 0) is 22.0 Å². The standard InChI is InChI=1S/C7H7BrN2O4S/c8-5-1-6(3-9-2-5)15(13,14)10-4-7(11)12/h1-3,10H,4H2,(H,11,12). The van der Waals surface area contributed by atoms with Crippen LogP contribution in [0, 0.1) is 0 Å². The Hall–Kier alpha value is -0.990. The van der Waals surface area contributed by atoms with Gasteiger partial charge in [0.25, 0.3) is 0 Å². The lowest BCUT2D eigenvalue weighted by Gasteiger charge is -2.03. The van der Waals surface area contributed by atoms with Crippen molar-refractivity contribution >= 4 is 31.9 Å². The SMILES string of the molecule is O=C(O)CNS(=O)(=O)c1cncc(Br)c1. The zero-order valence-electron chi connectivity index (χ0n) is 7.34. The normalized spacial score (nSPS) is 11.3. The molecule has 8 heteroatoms. The van der Waals surface area contributed by atoms with E-state index in [0.29, 0.717) is 4.47 Å². The Bertz CT molecular complexity index is 474. The molecule has 1 aromatic rings. The Labute approximate surface area is 94.5 Å². The summed E-state index contributed by atoms with van der Waals surface area (Å²) in [6.07, 6.45) is 2.56. The van der Waals surface area contributed by atoms with Gasteiger partial charge in [-0.15, -0.1) is 0 Å². The van der Waals surface area contributed by atoms with Crippen molar-refractivity contribution < 1.29 is 18.3 Å². The van der Waals surface area contributed by atoms with Crippen LogP contribution in [0.5, 0.6) is 0 Å². The number of aromatic nitrogens is 1. The van der Waals surface area contributed by atoms with Crippen molar-refractivity contribution in [3.63, 3.8) is 0 Å². The number of carboxylic acids is 1. The molecule has 0 saturated carbocycles. The predicted octanol–water partition coefficient (Wildman–Crippen LogP) is 0.207. The van der Waals surface area contributed by atoms with E-state index in [9.17, 15) is 13.2 Å². The molecule has 0 aliphatic carbocycles. The van der Waals surface area contributed by atoms with Gasteiger partial charge in [-0.2, -0.15) is 4.72 Å². The molecule has 0 atom stereocenters. The molecule has 1 aromatic heterocycles. The van der Waals surface area contributed by atoms with Gasteiger partial charge in [-0.3, -0.25) is 9.78 Å². The molecule has 2 N–H and O–H groups in total. The molecule has 0 aromatic carbocycles. The minimum absolute atomic E-state index is 0.0851. The molecule has 0 spiro atoms. The number of carbonyl (C=O) groups is 1. The molecule has 1 heterocycles. The molecule has 6 nitrogen and oxygen atoms in total. The lowest BCUT2D eigenvalue weighted by Crippen LogP contribution is -2.29. The fourth-order valence-corrected chi connectivity index (χ4v) is 2.26. The molecule has 0 fully saturated rings. The molecule has 0 radical (unpaired) electrons. The summed E-state index contributed by atoms with van der Waals surface area (Å²) in [5, 5.41) is 8.33. The largest absolute Gasteiger partial charge is 0.480 e. The molecular formula is C7H7BrN2O4S. The number of hydrogen-bond donors (Lipinski definition) is 2. The van der Waals surface area contributed by atoms with E-state index in [1.807, 2.05) is 4.72 Å². The van der Waals surface area contributed by atoms with Gasteiger partial charge in [0.05, 0.1) is 0 Å². The summed E-state index contributed by atoms with van der Waals surface area (Å²) in [4.78, 5) is 13.8. The van der Waals surface area contributed by atoms with E-state index in [1.54, 1.807) is 0 Å². The molecule has 0 saturated heterocycles. The van der Waals surface area contributed by atoms with Crippen LogP contribution in [0.2, 0.25) is 0 Å². The van der Waals surface area contributed by atoms with Crippen molar-refractivity contribution in [3.05, 3.63) is 22.9 Å². The van der Waals surface area contributed by atoms with Crippen LogP contribution < -0.4 is 4.72 Å². The zero-order chi connectivity index (χ0) is 11.5. The Morgan fingerprint density at radius 1 is 1.53 bits per heavy atom. The highest BCUT2D eigenvalue weighted by Gasteiger charge is 2.15. The minimum Gasteiger partial charge on any atom is -0.480 e. The second-order valence-corrected chi connectivity index (χ2v) is 5.24. The fraction of sp³-hybridized carbons (Fsp3) is 0.143. The molecular weight excluding hydrogens is 288 g/mol. The molecule has 1 rings (SSSR count). The number of carboxylic acid groups (broad SMARTS) is 1. The van der Waals surface area contributed by atoms with Crippen molar-refractivity contribution in [2.45, 2.75) is 4.90 Å². The van der Waals surface area contributed by atoms with Crippen LogP contribution in [0.15, 0.2) is 27.8 Å². The van der Waals surface area contributed by atoms with Gasteiger partial charge in [-0.1, -0.05) is 0 Å². The van der Waals surface area contributed by atoms with Crippen molar-refractivity contribution in [3.8, 4) is 0 Å². The maximum atomic E-state index is 11.5. The third-order valence-electron chi connectivity index (χ3n) is 1.40. The first-order valence-corrected chi connectivity index (χ1v) is 6.01. The van der Waals surface area contributed by atoms with Crippen molar-refractivity contribution in [1.82, 2.24) is 9.71 Å². The average molecular weight is 295 g/mol. The van der Waals surface area contributed by atoms with E-state index in [4.69, 9.17) is 5.11 Å². The number of nitrogens with zero attached hydrogens (tertiary/aromatic N) is 1. The van der Waals surface area contributed by atoms with Gasteiger partial charge in [-0.25, -0.2) is 8.42 Å². The third-order valence-corrected chi connectivity index (χ3v) is 3.21. The van der Waals surface area contributed by atoms with Crippen LogP contribution in [0.3, 0.4) is 0 Å². The average Bonchev–Trinajstić information content (AvgIpc) is 2.15. The van der Waals surface area contributed by atoms with E-state index in [2.05, 4.69) is 20.9 Å². The van der Waals surface area contributed by atoms with E-state index < -0.39 is 22.5 Å². The smallest absolute Gasteiger partial charge is 0.318 e. The quantitative estimate of drug-likeness (QED) is 0.827. The van der Waals surface area contributed by atoms with Crippen LogP contribution in [0.25, 0.3) is 0 Å². The van der Waals surface area contributed by atoms with Gasteiger partial charge in [0, 0.05) is 16.9 Å². The first-order valence-electron chi connectivity index (χ1n) is 3.74. The van der Waals surface area contributed by atoms with Crippen molar-refractivity contribution in [2.75, 3.05) is 6.54 Å². The zero-order valence-corrected chi connectivity index (χ0v) is 9.75. The maximum Gasteiger partial charge on any atom is 0.318 e. The summed E-state index contributed by atoms with van der Waals surface area (Å²) >= 11 is 3.06.